The summed E-state index contributed by atoms with van der Waals surface area (Å²) in [6, 6.07) is 12.7. The minimum absolute atomic E-state index is 0.118. The van der Waals surface area contributed by atoms with E-state index < -0.39 is 6.23 Å². The lowest BCUT2D eigenvalue weighted by atomic mass is 10.1. The van der Waals surface area contributed by atoms with E-state index in [-0.39, 0.29) is 6.73 Å². The van der Waals surface area contributed by atoms with E-state index in [0.717, 1.165) is 18.4 Å². The first-order valence-electron chi connectivity index (χ1n) is 15.3. The normalized spacial score (nSPS) is 12.3. The van der Waals surface area contributed by atoms with Gasteiger partial charge in [-0.2, -0.15) is 0 Å². The number of aliphatic imine (C=N–C) groups is 1. The number of fused-ring (bicyclic) bond motifs is 1. The molecule has 4 aromatic rings. The third-order valence-electron chi connectivity index (χ3n) is 7.10. The Morgan fingerprint density at radius 2 is 1.57 bits per heavy atom. The molecule has 0 saturated carbocycles. The third kappa shape index (κ3) is 10.3. The van der Waals surface area contributed by atoms with Gasteiger partial charge in [0.25, 0.3) is 0 Å². The lowest BCUT2D eigenvalue weighted by Gasteiger charge is -2.13. The van der Waals surface area contributed by atoms with Crippen molar-refractivity contribution < 1.29 is 14.2 Å². The predicted molar refractivity (Wildman–Crippen MR) is 179 cm³/mol. The van der Waals surface area contributed by atoms with Crippen LogP contribution >= 0.6 is 34.8 Å². The van der Waals surface area contributed by atoms with Gasteiger partial charge in [0.05, 0.1) is 6.61 Å². The van der Waals surface area contributed by atoms with Gasteiger partial charge in [-0.25, -0.2) is 14.8 Å². The Labute approximate surface area is 274 Å². The lowest BCUT2D eigenvalue weighted by Crippen LogP contribution is -2.32. The summed E-state index contributed by atoms with van der Waals surface area (Å²) in [6.07, 6.45) is 13.8. The summed E-state index contributed by atoms with van der Waals surface area (Å²) in [4.78, 5) is 4.43. The molecule has 4 rings (SSSR count). The number of aromatic amines is 1. The van der Waals surface area contributed by atoms with Crippen LogP contribution < -0.4 is 14.8 Å². The summed E-state index contributed by atoms with van der Waals surface area (Å²) in [5.41, 5.74) is 1.90. The van der Waals surface area contributed by atoms with E-state index in [1.54, 1.807) is 28.8 Å². The number of H-pyrrole nitrogens is 1. The third-order valence-corrected chi connectivity index (χ3v) is 7.92. The Hall–Kier alpha value is -2.98. The molecule has 0 saturated heterocycles. The van der Waals surface area contributed by atoms with Gasteiger partial charge in [-0.05, 0) is 55.8 Å². The highest BCUT2D eigenvalue weighted by Gasteiger charge is 2.18. The minimum Gasteiger partial charge on any atom is -0.491 e. The van der Waals surface area contributed by atoms with Crippen LogP contribution in [0.3, 0.4) is 0 Å². The average Bonchev–Trinajstić information content (AvgIpc) is 3.57. The van der Waals surface area contributed by atoms with Crippen LogP contribution in [0.2, 0.25) is 15.1 Å². The molecular weight excluding hydrogens is 623 g/mol. The molecule has 0 aliphatic heterocycles. The molecular formula is C32H41Cl3N6O3. The number of benzene rings is 2. The van der Waals surface area contributed by atoms with Crippen molar-refractivity contribution in [2.75, 3.05) is 13.3 Å². The molecule has 0 fully saturated rings. The molecule has 44 heavy (non-hydrogen) atoms. The van der Waals surface area contributed by atoms with Gasteiger partial charge in [0.1, 0.15) is 23.2 Å². The number of ether oxygens (including phenoxy) is 3. The second kappa shape index (κ2) is 18.1. The van der Waals surface area contributed by atoms with Gasteiger partial charge in [0, 0.05) is 15.6 Å². The van der Waals surface area contributed by atoms with Crippen molar-refractivity contribution in [3.63, 3.8) is 0 Å². The maximum absolute atomic E-state index is 6.47. The van der Waals surface area contributed by atoms with E-state index in [0.29, 0.717) is 50.5 Å². The van der Waals surface area contributed by atoms with Gasteiger partial charge in [0.2, 0.25) is 5.88 Å². The van der Waals surface area contributed by atoms with Gasteiger partial charge in [-0.1, -0.05) is 99.5 Å². The van der Waals surface area contributed by atoms with Crippen molar-refractivity contribution >= 4 is 52.5 Å². The van der Waals surface area contributed by atoms with Crippen LogP contribution in [0.25, 0.3) is 17.0 Å². The molecule has 1 atom stereocenters. The van der Waals surface area contributed by atoms with E-state index in [1.165, 1.54) is 57.8 Å². The van der Waals surface area contributed by atoms with Crippen LogP contribution in [0.1, 0.15) is 78.1 Å². The van der Waals surface area contributed by atoms with Gasteiger partial charge in [-0.15, -0.1) is 10.2 Å². The quantitative estimate of drug-likeness (QED) is 0.0423. The second-order valence-electron chi connectivity index (χ2n) is 10.6. The largest absolute Gasteiger partial charge is 0.491 e. The number of unbranched alkanes of at least 4 members (excludes halogenated alkanes) is 9. The molecule has 0 aliphatic rings. The van der Waals surface area contributed by atoms with Crippen LogP contribution in [0.4, 0.5) is 5.69 Å². The Morgan fingerprint density at radius 3 is 2.30 bits per heavy atom. The molecule has 2 heterocycles. The number of hydrogen-bond acceptors (Lipinski definition) is 7. The van der Waals surface area contributed by atoms with Crippen LogP contribution in [0, 0.1) is 0 Å². The van der Waals surface area contributed by atoms with Crippen LogP contribution in [-0.4, -0.2) is 45.8 Å². The number of nitrogens with one attached hydrogen (secondary N) is 2. The van der Waals surface area contributed by atoms with Crippen molar-refractivity contribution in [1.29, 1.82) is 0 Å². The molecule has 0 radical (unpaired) electrons. The molecule has 0 bridgehead atoms. The molecule has 0 spiro atoms. The maximum Gasteiger partial charge on any atom is 0.230 e. The highest BCUT2D eigenvalue weighted by Crippen LogP contribution is 2.32. The summed E-state index contributed by atoms with van der Waals surface area (Å²) in [7, 11) is 0. The summed E-state index contributed by atoms with van der Waals surface area (Å²) >= 11 is 18.7. The Kier molecular flexibility index (Phi) is 13.9. The predicted octanol–water partition coefficient (Wildman–Crippen LogP) is 9.63. The zero-order valence-electron chi connectivity index (χ0n) is 25.3. The summed E-state index contributed by atoms with van der Waals surface area (Å²) in [6.45, 7) is 4.85. The zero-order chi connectivity index (χ0) is 31.1. The Morgan fingerprint density at radius 1 is 0.886 bits per heavy atom. The standard InChI is InChI=1S/C32H41Cl3N6O3/c1-3-4-5-6-7-8-9-10-11-12-19-42-28-18-17-26(34)20-27(28)37-22-43-23(2)36-21-44-32-29(35)31-39-38-30(41(31)40-32)24-13-15-25(33)16-14-24/h13-18,20,22-23,36,40H,3-12,19,21H2,1-2H3. The fraction of sp³-hybridized carbons (Fsp3) is 0.469. The van der Waals surface area contributed by atoms with Crippen LogP contribution in [-0.2, 0) is 4.74 Å². The van der Waals surface area contributed by atoms with E-state index >= 15 is 0 Å². The molecule has 2 N–H and O–H groups in total. The minimum atomic E-state index is -0.405. The fourth-order valence-corrected chi connectivity index (χ4v) is 5.12. The van der Waals surface area contributed by atoms with Crippen molar-refractivity contribution in [3.05, 3.63) is 57.5 Å². The smallest absolute Gasteiger partial charge is 0.230 e. The van der Waals surface area contributed by atoms with E-state index in [2.05, 4.69) is 32.5 Å². The number of hydrogen-bond donors (Lipinski definition) is 2. The maximum atomic E-state index is 6.47. The second-order valence-corrected chi connectivity index (χ2v) is 11.8. The molecule has 1 unspecified atom stereocenters. The first-order valence-corrected chi connectivity index (χ1v) is 16.4. The van der Waals surface area contributed by atoms with E-state index in [4.69, 9.17) is 49.0 Å². The topological polar surface area (TPSA) is 98.1 Å². The van der Waals surface area contributed by atoms with Crippen molar-refractivity contribution in [1.82, 2.24) is 25.1 Å². The van der Waals surface area contributed by atoms with Crippen molar-refractivity contribution in [2.45, 2.75) is 84.3 Å². The molecule has 2 aromatic heterocycles. The highest BCUT2D eigenvalue weighted by molar-refractivity contribution is 6.35. The first kappa shape index (κ1) is 33.9. The summed E-state index contributed by atoms with van der Waals surface area (Å²) in [5, 5.41) is 16.1. The monoisotopic (exact) mass is 662 g/mol. The number of aromatic nitrogens is 4. The average molecular weight is 664 g/mol. The lowest BCUT2D eigenvalue weighted by molar-refractivity contribution is 0.136. The molecule has 238 valence electrons. The number of nitrogens with zero attached hydrogens (tertiary/aromatic N) is 4. The van der Waals surface area contributed by atoms with Gasteiger partial charge in [-0.3, -0.25) is 5.10 Å². The van der Waals surface area contributed by atoms with Crippen molar-refractivity contribution in [3.8, 4) is 23.0 Å². The first-order chi connectivity index (χ1) is 21.5. The van der Waals surface area contributed by atoms with E-state index in [9.17, 15) is 0 Å². The Balaban J connectivity index is 1.18. The SMILES string of the molecule is CCCCCCCCCCCCOc1ccc(Cl)cc1N=COC(C)NCOc1[nH]n2c(-c3ccc(Cl)cc3)nnc2c1Cl. The van der Waals surface area contributed by atoms with E-state index in [1.807, 2.05) is 25.1 Å². The van der Waals surface area contributed by atoms with Gasteiger partial charge < -0.3 is 14.2 Å². The molecule has 2 aromatic carbocycles. The van der Waals surface area contributed by atoms with Gasteiger partial charge >= 0.3 is 0 Å². The van der Waals surface area contributed by atoms with Gasteiger partial charge in [0.15, 0.2) is 24.1 Å². The summed E-state index contributed by atoms with van der Waals surface area (Å²) < 4.78 is 19.2. The summed E-state index contributed by atoms with van der Waals surface area (Å²) in [5.74, 6) is 1.61. The Bertz CT molecular complexity index is 1460. The number of halogens is 3. The fourth-order valence-electron chi connectivity index (χ4n) is 4.61. The molecule has 0 aliphatic carbocycles. The highest BCUT2D eigenvalue weighted by atomic mass is 35.5. The van der Waals surface area contributed by atoms with Crippen molar-refractivity contribution in [2.24, 2.45) is 4.99 Å². The van der Waals surface area contributed by atoms with Crippen LogP contribution in [0.5, 0.6) is 11.6 Å². The number of rotatable bonds is 20. The molecule has 9 nitrogen and oxygen atoms in total. The molecule has 12 heteroatoms. The van der Waals surface area contributed by atoms with Crippen LogP contribution in [0.15, 0.2) is 47.5 Å². The zero-order valence-corrected chi connectivity index (χ0v) is 27.6. The molecule has 0 amide bonds.